The molecule has 0 aliphatic carbocycles. The van der Waals surface area contributed by atoms with E-state index in [9.17, 15) is 0 Å². The summed E-state index contributed by atoms with van der Waals surface area (Å²) in [5, 5.41) is 1.13. The second-order valence-corrected chi connectivity index (χ2v) is 10.4. The van der Waals surface area contributed by atoms with Crippen molar-refractivity contribution in [1.82, 2.24) is 24.3 Å². The van der Waals surface area contributed by atoms with E-state index in [4.69, 9.17) is 9.72 Å². The standard InChI is InChI=1S/C33H35N5O.3ClH/c1-25-12-14-31-30(23-25)35-32(15-13-27-8-3-7-26-9-5-16-34-33(26)27)38(31)28-10-4-11-29(24-28)39-22-6-17-37-20-18-36(2)19-21-37;;;/h3-5,7-16,23-24H,6,17-22H2,1-2H3;3*1H. The van der Waals surface area contributed by atoms with E-state index in [0.29, 0.717) is 6.61 Å². The molecule has 42 heavy (non-hydrogen) atoms. The average molecular weight is 627 g/mol. The monoisotopic (exact) mass is 625 g/mol. The maximum absolute atomic E-state index is 6.21. The highest BCUT2D eigenvalue weighted by Gasteiger charge is 2.14. The van der Waals surface area contributed by atoms with E-state index < -0.39 is 0 Å². The van der Waals surface area contributed by atoms with Gasteiger partial charge < -0.3 is 14.5 Å². The van der Waals surface area contributed by atoms with Crippen LogP contribution < -0.4 is 4.74 Å². The Hall–Kier alpha value is -3.13. The summed E-state index contributed by atoms with van der Waals surface area (Å²) in [6, 6.07) is 25.1. The normalized spacial score (nSPS) is 14.0. The van der Waals surface area contributed by atoms with Crippen molar-refractivity contribution >= 4 is 71.3 Å². The quantitative estimate of drug-likeness (QED) is 0.169. The summed E-state index contributed by atoms with van der Waals surface area (Å²) in [5.74, 6) is 1.75. The van der Waals surface area contributed by atoms with E-state index in [1.165, 1.54) is 5.56 Å². The Balaban J connectivity index is 0.00000161. The van der Waals surface area contributed by atoms with E-state index >= 15 is 0 Å². The summed E-state index contributed by atoms with van der Waals surface area (Å²) in [7, 11) is 2.19. The molecule has 0 atom stereocenters. The molecule has 9 heteroatoms. The molecule has 3 heterocycles. The molecule has 5 aromatic rings. The third-order valence-electron chi connectivity index (χ3n) is 7.47. The molecule has 6 rings (SSSR count). The first-order valence-corrected chi connectivity index (χ1v) is 13.8. The summed E-state index contributed by atoms with van der Waals surface area (Å²) >= 11 is 0. The lowest BCUT2D eigenvalue weighted by Gasteiger charge is -2.32. The highest BCUT2D eigenvalue weighted by Crippen LogP contribution is 2.27. The van der Waals surface area contributed by atoms with E-state index in [2.05, 4.69) is 106 Å². The molecule has 1 fully saturated rings. The highest BCUT2D eigenvalue weighted by molar-refractivity contribution is 5.90. The largest absolute Gasteiger partial charge is 0.493 e. The van der Waals surface area contributed by atoms with Crippen LogP contribution in [0.4, 0.5) is 0 Å². The van der Waals surface area contributed by atoms with Crippen molar-refractivity contribution in [2.45, 2.75) is 13.3 Å². The number of rotatable bonds is 8. The van der Waals surface area contributed by atoms with Crippen LogP contribution in [0.3, 0.4) is 0 Å². The summed E-state index contributed by atoms with van der Waals surface area (Å²) < 4.78 is 8.42. The Morgan fingerprint density at radius 3 is 2.48 bits per heavy atom. The van der Waals surface area contributed by atoms with Gasteiger partial charge in [-0.25, -0.2) is 4.98 Å². The van der Waals surface area contributed by atoms with Crippen LogP contribution in [0, 0.1) is 6.92 Å². The summed E-state index contributed by atoms with van der Waals surface area (Å²) in [6.07, 6.45) is 7.06. The number of aromatic nitrogens is 3. The molecule has 1 aliphatic rings. The molecule has 222 valence electrons. The summed E-state index contributed by atoms with van der Waals surface area (Å²) in [6.45, 7) is 8.47. The van der Waals surface area contributed by atoms with Crippen LogP contribution in [0.1, 0.15) is 23.4 Å². The zero-order valence-corrected chi connectivity index (χ0v) is 26.4. The van der Waals surface area contributed by atoms with Crippen LogP contribution in [0.5, 0.6) is 5.75 Å². The number of ether oxygens (including phenoxy) is 1. The molecule has 3 aromatic carbocycles. The maximum atomic E-state index is 6.21. The van der Waals surface area contributed by atoms with Crippen LogP contribution in [0.15, 0.2) is 79.0 Å². The molecule has 0 unspecified atom stereocenters. The Kier molecular flexibility index (Phi) is 12.2. The third kappa shape index (κ3) is 7.63. The number of likely N-dealkylation sites (N-methyl/N-ethyl adjacent to an activating group) is 1. The number of piperazine rings is 1. The first-order chi connectivity index (χ1) is 19.1. The predicted molar refractivity (Wildman–Crippen MR) is 182 cm³/mol. The van der Waals surface area contributed by atoms with Gasteiger partial charge in [-0.2, -0.15) is 0 Å². The lowest BCUT2D eigenvalue weighted by atomic mass is 10.1. The van der Waals surface area contributed by atoms with Crippen molar-refractivity contribution in [3.05, 3.63) is 95.9 Å². The number of para-hydroxylation sites is 1. The first kappa shape index (κ1) is 33.4. The Labute approximate surface area is 266 Å². The van der Waals surface area contributed by atoms with Gasteiger partial charge in [0, 0.05) is 55.9 Å². The minimum atomic E-state index is 0. The fourth-order valence-corrected chi connectivity index (χ4v) is 5.28. The van der Waals surface area contributed by atoms with Crippen LogP contribution in [-0.2, 0) is 0 Å². The van der Waals surface area contributed by atoms with Crippen molar-refractivity contribution in [3.63, 3.8) is 0 Å². The molecular weight excluding hydrogens is 589 g/mol. The molecule has 0 amide bonds. The summed E-state index contributed by atoms with van der Waals surface area (Å²) in [5.41, 5.74) is 6.33. The predicted octanol–water partition coefficient (Wildman–Crippen LogP) is 7.33. The minimum Gasteiger partial charge on any atom is -0.493 e. The van der Waals surface area contributed by atoms with Gasteiger partial charge in [-0.05, 0) is 68.4 Å². The first-order valence-electron chi connectivity index (χ1n) is 13.8. The van der Waals surface area contributed by atoms with Gasteiger partial charge in [0.05, 0.1) is 28.8 Å². The number of hydrogen-bond donors (Lipinski definition) is 0. The second-order valence-electron chi connectivity index (χ2n) is 10.4. The van der Waals surface area contributed by atoms with Gasteiger partial charge in [0.25, 0.3) is 0 Å². The van der Waals surface area contributed by atoms with Crippen LogP contribution in [0.2, 0.25) is 0 Å². The number of imidazole rings is 1. The van der Waals surface area contributed by atoms with Crippen molar-refractivity contribution in [1.29, 1.82) is 0 Å². The van der Waals surface area contributed by atoms with E-state index in [0.717, 1.165) is 83.9 Å². The van der Waals surface area contributed by atoms with E-state index in [1.807, 2.05) is 18.3 Å². The van der Waals surface area contributed by atoms with Gasteiger partial charge >= 0.3 is 0 Å². The van der Waals surface area contributed by atoms with Crippen molar-refractivity contribution < 1.29 is 4.74 Å². The molecule has 0 radical (unpaired) electrons. The molecule has 0 bridgehead atoms. The molecule has 1 aliphatic heterocycles. The number of halogens is 3. The summed E-state index contributed by atoms with van der Waals surface area (Å²) in [4.78, 5) is 14.5. The lowest BCUT2D eigenvalue weighted by Crippen LogP contribution is -2.44. The van der Waals surface area contributed by atoms with Crippen molar-refractivity contribution in [2.75, 3.05) is 46.4 Å². The molecule has 0 spiro atoms. The number of pyridine rings is 1. The number of fused-ring (bicyclic) bond motifs is 2. The van der Waals surface area contributed by atoms with Gasteiger partial charge in [-0.3, -0.25) is 9.55 Å². The van der Waals surface area contributed by atoms with Crippen LogP contribution in [-0.4, -0.2) is 70.7 Å². The third-order valence-corrected chi connectivity index (χ3v) is 7.47. The molecule has 6 nitrogen and oxygen atoms in total. The Morgan fingerprint density at radius 2 is 1.64 bits per heavy atom. The zero-order chi connectivity index (χ0) is 26.6. The molecule has 2 aromatic heterocycles. The Morgan fingerprint density at radius 1 is 0.857 bits per heavy atom. The smallest absolute Gasteiger partial charge is 0.138 e. The van der Waals surface area contributed by atoms with Gasteiger partial charge in [0.2, 0.25) is 0 Å². The van der Waals surface area contributed by atoms with Gasteiger partial charge in [0.1, 0.15) is 11.6 Å². The minimum absolute atomic E-state index is 0. The lowest BCUT2D eigenvalue weighted by molar-refractivity contribution is 0.145. The van der Waals surface area contributed by atoms with Gasteiger partial charge in [-0.15, -0.1) is 37.2 Å². The van der Waals surface area contributed by atoms with E-state index in [1.54, 1.807) is 0 Å². The molecular formula is C33H38Cl3N5O. The number of nitrogens with zero attached hydrogens (tertiary/aromatic N) is 5. The number of benzene rings is 3. The van der Waals surface area contributed by atoms with Crippen LogP contribution in [0.25, 0.3) is 39.8 Å². The second kappa shape index (κ2) is 15.4. The molecule has 0 saturated carbocycles. The fourth-order valence-electron chi connectivity index (χ4n) is 5.28. The topological polar surface area (TPSA) is 46.4 Å². The Bertz CT molecular complexity index is 1620. The number of aryl methyl sites for hydroxylation is 1. The average Bonchev–Trinajstić information content (AvgIpc) is 3.32. The van der Waals surface area contributed by atoms with E-state index in [-0.39, 0.29) is 37.2 Å². The van der Waals surface area contributed by atoms with Gasteiger partial charge in [0.15, 0.2) is 0 Å². The van der Waals surface area contributed by atoms with Crippen molar-refractivity contribution in [2.24, 2.45) is 0 Å². The number of hydrogen-bond acceptors (Lipinski definition) is 5. The van der Waals surface area contributed by atoms with Crippen LogP contribution >= 0.6 is 37.2 Å². The SMILES string of the molecule is Cc1ccc2c(c1)nc(C=Cc1cccc3cccnc13)n2-c1cccc(OCCCN2CCN(C)CC2)c1.Cl.Cl.Cl. The molecule has 1 saturated heterocycles. The maximum Gasteiger partial charge on any atom is 0.138 e. The zero-order valence-electron chi connectivity index (χ0n) is 24.0. The van der Waals surface area contributed by atoms with Crippen molar-refractivity contribution in [3.8, 4) is 11.4 Å². The van der Waals surface area contributed by atoms with Gasteiger partial charge in [-0.1, -0.05) is 36.4 Å². The fraction of sp³-hybridized carbons (Fsp3) is 0.273. The highest BCUT2D eigenvalue weighted by atomic mass is 35.5. The molecule has 0 N–H and O–H groups in total.